The molecule has 3 atom stereocenters. The number of nitrogens with zero attached hydrogens (tertiary/aromatic N) is 2. The van der Waals surface area contributed by atoms with Gasteiger partial charge in [0, 0.05) is 28.6 Å². The molecule has 2 fully saturated rings. The minimum Gasteiger partial charge on any atom is -0.348 e. The fraction of sp³-hybridized carbons (Fsp3) is 0.438. The van der Waals surface area contributed by atoms with Crippen molar-refractivity contribution in [3.05, 3.63) is 34.8 Å². The van der Waals surface area contributed by atoms with E-state index in [1.807, 2.05) is 31.2 Å². The van der Waals surface area contributed by atoms with Crippen LogP contribution in [-0.4, -0.2) is 34.2 Å². The van der Waals surface area contributed by atoms with Crippen LogP contribution in [0.2, 0.25) is 0 Å². The molecule has 2 aromatic rings. The molecule has 5 nitrogen and oxygen atoms in total. The predicted molar refractivity (Wildman–Crippen MR) is 91.0 cm³/mol. The highest BCUT2D eigenvalue weighted by molar-refractivity contribution is 8.01. The zero-order chi connectivity index (χ0) is 15.8. The summed E-state index contributed by atoms with van der Waals surface area (Å²) in [4.78, 5) is 13.5. The molecule has 0 radical (unpaired) electrons. The van der Waals surface area contributed by atoms with Crippen LogP contribution in [-0.2, 0) is 0 Å². The molecule has 1 aromatic carbocycles. The second-order valence-electron chi connectivity index (χ2n) is 6.08. The Hall–Kier alpha value is -1.44. The number of carbonyl (C=O) groups is 1. The first kappa shape index (κ1) is 15.1. The van der Waals surface area contributed by atoms with Crippen molar-refractivity contribution in [3.63, 3.8) is 0 Å². The summed E-state index contributed by atoms with van der Waals surface area (Å²) in [5, 5.41) is 15.8. The van der Waals surface area contributed by atoms with Crippen molar-refractivity contribution in [2.45, 2.75) is 53.5 Å². The second kappa shape index (κ2) is 6.22. The van der Waals surface area contributed by atoms with E-state index in [9.17, 15) is 4.79 Å². The van der Waals surface area contributed by atoms with E-state index >= 15 is 0 Å². The number of rotatable bonds is 4. The quantitative estimate of drug-likeness (QED) is 0.891. The largest absolute Gasteiger partial charge is 0.348 e. The molecule has 0 spiro atoms. The normalized spacial score (nSPS) is 25.7. The van der Waals surface area contributed by atoms with Crippen LogP contribution < -0.4 is 10.6 Å². The van der Waals surface area contributed by atoms with E-state index in [-0.39, 0.29) is 11.9 Å². The highest BCUT2D eigenvalue weighted by Crippen LogP contribution is 2.30. The molecule has 2 aliphatic heterocycles. The van der Waals surface area contributed by atoms with Crippen molar-refractivity contribution in [1.82, 2.24) is 20.8 Å². The Morgan fingerprint density at radius 2 is 2.13 bits per heavy atom. The zero-order valence-electron chi connectivity index (χ0n) is 12.8. The highest BCUT2D eigenvalue weighted by atomic mass is 32.2. The van der Waals surface area contributed by atoms with E-state index in [4.69, 9.17) is 0 Å². The van der Waals surface area contributed by atoms with Crippen molar-refractivity contribution < 1.29 is 4.79 Å². The molecule has 2 bridgehead atoms. The summed E-state index contributed by atoms with van der Waals surface area (Å²) in [6.07, 6.45) is 3.47. The van der Waals surface area contributed by atoms with Gasteiger partial charge in [0.05, 0.1) is 0 Å². The van der Waals surface area contributed by atoms with Gasteiger partial charge in [-0.3, -0.25) is 4.79 Å². The van der Waals surface area contributed by atoms with Gasteiger partial charge in [-0.2, -0.15) is 0 Å². The molecular formula is C16H18N4OS2. The number of nitrogens with one attached hydrogen (secondary N) is 2. The van der Waals surface area contributed by atoms with E-state index < -0.39 is 0 Å². The van der Waals surface area contributed by atoms with Gasteiger partial charge in [-0.1, -0.05) is 23.1 Å². The topological polar surface area (TPSA) is 66.9 Å². The van der Waals surface area contributed by atoms with E-state index in [0.29, 0.717) is 17.6 Å². The maximum absolute atomic E-state index is 12.4. The molecular weight excluding hydrogens is 328 g/mol. The van der Waals surface area contributed by atoms with Crippen molar-refractivity contribution in [2.75, 3.05) is 0 Å². The number of carbonyl (C=O) groups excluding carboxylic acids is 1. The molecule has 0 aliphatic carbocycles. The van der Waals surface area contributed by atoms with Gasteiger partial charge in [-0.25, -0.2) is 0 Å². The zero-order valence-corrected chi connectivity index (χ0v) is 14.4. The van der Waals surface area contributed by atoms with Crippen molar-refractivity contribution in [2.24, 2.45) is 0 Å². The molecule has 0 saturated carbocycles. The first-order chi connectivity index (χ1) is 11.2. The monoisotopic (exact) mass is 346 g/mol. The third-order valence-corrected chi connectivity index (χ3v) is 6.34. The third-order valence-electron chi connectivity index (χ3n) is 4.45. The van der Waals surface area contributed by atoms with Crippen LogP contribution in [0.15, 0.2) is 33.5 Å². The third kappa shape index (κ3) is 3.27. The van der Waals surface area contributed by atoms with Crippen LogP contribution in [0, 0.1) is 6.92 Å². The van der Waals surface area contributed by atoms with Gasteiger partial charge in [0.2, 0.25) is 0 Å². The molecule has 7 heteroatoms. The Labute approximate surface area is 143 Å². The maximum Gasteiger partial charge on any atom is 0.251 e. The Balaban J connectivity index is 1.38. The van der Waals surface area contributed by atoms with Crippen LogP contribution in [0.1, 0.15) is 34.6 Å². The molecule has 23 heavy (non-hydrogen) atoms. The van der Waals surface area contributed by atoms with Crippen molar-refractivity contribution >= 4 is 29.0 Å². The second-order valence-corrected chi connectivity index (χ2v) is 8.58. The molecule has 4 rings (SSSR count). The Kier molecular flexibility index (Phi) is 4.09. The molecule has 2 saturated heterocycles. The summed E-state index contributed by atoms with van der Waals surface area (Å²) in [6, 6.07) is 9.03. The number of amides is 1. The lowest BCUT2D eigenvalue weighted by Crippen LogP contribution is -2.42. The Bertz CT molecular complexity index is 715. The summed E-state index contributed by atoms with van der Waals surface area (Å²) in [5.41, 5.74) is 0.713. The molecule has 2 N–H and O–H groups in total. The van der Waals surface area contributed by atoms with Crippen LogP contribution in [0.5, 0.6) is 0 Å². The fourth-order valence-electron chi connectivity index (χ4n) is 3.33. The predicted octanol–water partition coefficient (Wildman–Crippen LogP) is 2.62. The molecule has 2 aliphatic rings. The highest BCUT2D eigenvalue weighted by Gasteiger charge is 2.39. The van der Waals surface area contributed by atoms with Crippen molar-refractivity contribution in [1.29, 1.82) is 0 Å². The first-order valence-corrected chi connectivity index (χ1v) is 9.45. The van der Waals surface area contributed by atoms with Crippen molar-refractivity contribution in [3.8, 4) is 0 Å². The number of aromatic nitrogens is 2. The van der Waals surface area contributed by atoms with E-state index in [2.05, 4.69) is 20.8 Å². The summed E-state index contributed by atoms with van der Waals surface area (Å²) < 4.78 is 0.924. The minimum absolute atomic E-state index is 0.0210. The smallest absolute Gasteiger partial charge is 0.251 e. The van der Waals surface area contributed by atoms with Crippen LogP contribution in [0.3, 0.4) is 0 Å². The minimum atomic E-state index is 0.0210. The first-order valence-electron chi connectivity index (χ1n) is 7.82. The Morgan fingerprint density at radius 3 is 2.74 bits per heavy atom. The van der Waals surface area contributed by atoms with Crippen LogP contribution >= 0.6 is 23.1 Å². The van der Waals surface area contributed by atoms with E-state index in [1.165, 1.54) is 12.8 Å². The van der Waals surface area contributed by atoms with Crippen LogP contribution in [0.25, 0.3) is 0 Å². The lowest BCUT2D eigenvalue weighted by molar-refractivity contribution is 0.0931. The standard InChI is InChI=1S/C16H18N4OS2/c1-9-19-20-16(22-9)23-12-5-2-10(3-6-12)15(21)18-14-8-11-4-7-13(14)17-11/h2-3,5-6,11,13-14,17H,4,7-8H2,1H3,(H,18,21). The van der Waals surface area contributed by atoms with E-state index in [0.717, 1.165) is 20.7 Å². The summed E-state index contributed by atoms with van der Waals surface area (Å²) in [6.45, 7) is 1.94. The average Bonchev–Trinajstić information content (AvgIpc) is 3.25. The molecule has 3 heterocycles. The summed E-state index contributed by atoms with van der Waals surface area (Å²) >= 11 is 3.15. The number of hydrogen-bond donors (Lipinski definition) is 2. The molecule has 3 unspecified atom stereocenters. The van der Waals surface area contributed by atoms with E-state index in [1.54, 1.807) is 23.1 Å². The summed E-state index contributed by atoms with van der Waals surface area (Å²) in [7, 11) is 0. The molecule has 1 amide bonds. The average molecular weight is 346 g/mol. The number of benzene rings is 1. The van der Waals surface area contributed by atoms with Gasteiger partial charge in [-0.15, -0.1) is 10.2 Å². The summed E-state index contributed by atoms with van der Waals surface area (Å²) in [5.74, 6) is 0.0210. The van der Waals surface area contributed by atoms with Gasteiger partial charge in [0.15, 0.2) is 4.34 Å². The lowest BCUT2D eigenvalue weighted by atomic mass is 9.95. The lowest BCUT2D eigenvalue weighted by Gasteiger charge is -2.21. The maximum atomic E-state index is 12.4. The number of hydrogen-bond acceptors (Lipinski definition) is 6. The van der Waals surface area contributed by atoms with Crippen LogP contribution in [0.4, 0.5) is 0 Å². The van der Waals surface area contributed by atoms with Gasteiger partial charge in [0.1, 0.15) is 5.01 Å². The fourth-order valence-corrected chi connectivity index (χ4v) is 5.12. The van der Waals surface area contributed by atoms with Gasteiger partial charge in [-0.05, 0) is 50.5 Å². The number of aryl methyl sites for hydroxylation is 1. The molecule has 120 valence electrons. The van der Waals surface area contributed by atoms with Gasteiger partial charge >= 0.3 is 0 Å². The molecule has 1 aromatic heterocycles. The van der Waals surface area contributed by atoms with Gasteiger partial charge < -0.3 is 10.6 Å². The SMILES string of the molecule is Cc1nnc(Sc2ccc(C(=O)NC3CC4CCC3N4)cc2)s1. The Morgan fingerprint density at radius 1 is 1.30 bits per heavy atom. The number of fused-ring (bicyclic) bond motifs is 2. The van der Waals surface area contributed by atoms with Gasteiger partial charge in [0.25, 0.3) is 5.91 Å².